The number of carbonyl (C=O) groups is 2. The third-order valence-electron chi connectivity index (χ3n) is 2.76. The number of hydrogen-bond acceptors (Lipinski definition) is 4. The molecule has 20 heavy (non-hydrogen) atoms. The summed E-state index contributed by atoms with van der Waals surface area (Å²) >= 11 is 0. The van der Waals surface area contributed by atoms with E-state index in [1.165, 1.54) is 0 Å². The number of carboxylic acid groups (broad SMARTS) is 1. The van der Waals surface area contributed by atoms with Crippen LogP contribution in [0.4, 0.5) is 4.39 Å². The summed E-state index contributed by atoms with van der Waals surface area (Å²) in [6, 6.07) is 3.50. The van der Waals surface area contributed by atoms with E-state index in [1.807, 2.05) is 0 Å². The molecule has 0 bridgehead atoms. The average Bonchev–Trinajstić information content (AvgIpc) is 2.44. The number of alkyl halides is 1. The zero-order valence-electron chi connectivity index (χ0n) is 10.6. The minimum Gasteiger partial charge on any atom is -0.486 e. The predicted octanol–water partition coefficient (Wildman–Crippen LogP) is 0.539. The van der Waals surface area contributed by atoms with Gasteiger partial charge in [0, 0.05) is 0 Å². The normalized spacial score (nSPS) is 14.4. The maximum Gasteiger partial charge on any atom is 0.328 e. The number of hydrogen-bond donors (Lipinski definition) is 2. The Bertz CT molecular complexity index is 519. The number of nitrogens with one attached hydrogen (secondary N) is 1. The van der Waals surface area contributed by atoms with Crippen LogP contribution in [0.15, 0.2) is 18.2 Å². The van der Waals surface area contributed by atoms with Gasteiger partial charge >= 0.3 is 5.97 Å². The molecule has 0 aromatic heterocycles. The fraction of sp³-hybridized carbons (Fsp3) is 0.385. The van der Waals surface area contributed by atoms with Crippen molar-refractivity contribution in [2.24, 2.45) is 0 Å². The van der Waals surface area contributed by atoms with Gasteiger partial charge in [0.15, 0.2) is 17.5 Å². The summed E-state index contributed by atoms with van der Waals surface area (Å²) in [5, 5.41) is 10.8. The fourth-order valence-corrected chi connectivity index (χ4v) is 1.79. The van der Waals surface area contributed by atoms with Gasteiger partial charge in [-0.15, -0.1) is 0 Å². The van der Waals surface area contributed by atoms with E-state index >= 15 is 0 Å². The maximum absolute atomic E-state index is 12.4. The zero-order chi connectivity index (χ0) is 14.5. The Morgan fingerprint density at radius 2 is 2.00 bits per heavy atom. The van der Waals surface area contributed by atoms with Gasteiger partial charge in [0.25, 0.3) is 0 Å². The van der Waals surface area contributed by atoms with E-state index in [1.54, 1.807) is 18.2 Å². The summed E-state index contributed by atoms with van der Waals surface area (Å²) in [6.07, 6.45) is -0.0551. The van der Waals surface area contributed by atoms with Crippen molar-refractivity contribution in [2.45, 2.75) is 12.5 Å². The monoisotopic (exact) mass is 283 g/mol. The highest BCUT2D eigenvalue weighted by Gasteiger charge is 2.20. The van der Waals surface area contributed by atoms with Crippen LogP contribution in [0, 0.1) is 0 Å². The van der Waals surface area contributed by atoms with E-state index in [0.29, 0.717) is 30.3 Å². The molecule has 1 heterocycles. The molecular weight excluding hydrogens is 269 g/mol. The highest BCUT2D eigenvalue weighted by atomic mass is 19.1. The lowest BCUT2D eigenvalue weighted by molar-refractivity contribution is -0.142. The Kier molecular flexibility index (Phi) is 4.39. The molecule has 2 rings (SSSR count). The van der Waals surface area contributed by atoms with Gasteiger partial charge in [0.1, 0.15) is 19.9 Å². The van der Waals surface area contributed by atoms with E-state index in [2.05, 4.69) is 5.32 Å². The van der Waals surface area contributed by atoms with E-state index in [9.17, 15) is 14.0 Å². The van der Waals surface area contributed by atoms with Gasteiger partial charge in [0.05, 0.1) is 6.42 Å². The van der Waals surface area contributed by atoms with Crippen LogP contribution in [-0.2, 0) is 16.0 Å². The van der Waals surface area contributed by atoms with Crippen molar-refractivity contribution in [3.8, 4) is 11.5 Å². The van der Waals surface area contributed by atoms with Crippen LogP contribution in [0.3, 0.4) is 0 Å². The van der Waals surface area contributed by atoms with Crippen molar-refractivity contribution in [1.82, 2.24) is 5.32 Å². The molecule has 0 fully saturated rings. The minimum atomic E-state index is -1.51. The molecular formula is C13H14FNO5. The third-order valence-corrected chi connectivity index (χ3v) is 2.76. The van der Waals surface area contributed by atoms with E-state index in [4.69, 9.17) is 14.6 Å². The van der Waals surface area contributed by atoms with Gasteiger partial charge in [0.2, 0.25) is 5.91 Å². The molecule has 1 aliphatic heterocycles. The Hall–Kier alpha value is -2.31. The molecule has 1 amide bonds. The van der Waals surface area contributed by atoms with Gasteiger partial charge in [-0.25, -0.2) is 9.18 Å². The van der Waals surface area contributed by atoms with Crippen molar-refractivity contribution in [3.05, 3.63) is 23.8 Å². The SMILES string of the molecule is O=C(Cc1ccc2c(c1)OCCO2)NC(CF)C(=O)O. The maximum atomic E-state index is 12.4. The standard InChI is InChI=1S/C13H14FNO5/c14-7-9(13(17)18)15-12(16)6-8-1-2-10-11(5-8)20-4-3-19-10/h1-2,5,9H,3-4,6-7H2,(H,15,16)(H,17,18). The Morgan fingerprint density at radius 3 is 2.65 bits per heavy atom. The topological polar surface area (TPSA) is 84.9 Å². The number of aliphatic carboxylic acids is 1. The van der Waals surface area contributed by atoms with Gasteiger partial charge < -0.3 is 19.9 Å². The zero-order valence-corrected chi connectivity index (χ0v) is 10.6. The molecule has 1 aromatic carbocycles. The number of benzene rings is 1. The van der Waals surface area contributed by atoms with Gasteiger partial charge in [-0.05, 0) is 17.7 Å². The van der Waals surface area contributed by atoms with E-state index < -0.39 is 24.6 Å². The molecule has 0 spiro atoms. The first-order chi connectivity index (χ1) is 9.60. The first-order valence-corrected chi connectivity index (χ1v) is 6.07. The molecule has 0 saturated carbocycles. The number of amides is 1. The highest BCUT2D eigenvalue weighted by molar-refractivity contribution is 5.85. The second-order valence-electron chi connectivity index (χ2n) is 4.27. The number of fused-ring (bicyclic) bond motifs is 1. The van der Waals surface area contributed by atoms with Crippen LogP contribution in [-0.4, -0.2) is 42.9 Å². The number of ether oxygens (including phenoxy) is 2. The molecule has 0 aliphatic carbocycles. The van der Waals surface area contributed by atoms with Crippen molar-refractivity contribution in [1.29, 1.82) is 0 Å². The summed E-state index contributed by atoms with van der Waals surface area (Å²) in [6.45, 7) is -0.239. The molecule has 1 unspecified atom stereocenters. The second kappa shape index (κ2) is 6.23. The largest absolute Gasteiger partial charge is 0.486 e. The van der Waals surface area contributed by atoms with Crippen LogP contribution in [0.25, 0.3) is 0 Å². The number of rotatable bonds is 5. The lowest BCUT2D eigenvalue weighted by atomic mass is 10.1. The Labute approximate surface area is 114 Å². The number of carbonyl (C=O) groups excluding carboxylic acids is 1. The van der Waals surface area contributed by atoms with Crippen LogP contribution < -0.4 is 14.8 Å². The van der Waals surface area contributed by atoms with Gasteiger partial charge in [-0.3, -0.25) is 4.79 Å². The van der Waals surface area contributed by atoms with E-state index in [0.717, 1.165) is 0 Å². The predicted molar refractivity (Wildman–Crippen MR) is 66.7 cm³/mol. The smallest absolute Gasteiger partial charge is 0.328 e. The lowest BCUT2D eigenvalue weighted by Gasteiger charge is -2.19. The molecule has 7 heteroatoms. The first-order valence-electron chi connectivity index (χ1n) is 6.07. The summed E-state index contributed by atoms with van der Waals surface area (Å²) < 4.78 is 23.1. The van der Waals surface area contributed by atoms with Crippen LogP contribution in [0.5, 0.6) is 11.5 Å². The van der Waals surface area contributed by atoms with Crippen LogP contribution in [0.1, 0.15) is 5.56 Å². The summed E-state index contributed by atoms with van der Waals surface area (Å²) in [5.74, 6) is -0.816. The summed E-state index contributed by atoms with van der Waals surface area (Å²) in [5.41, 5.74) is 0.634. The van der Waals surface area contributed by atoms with Crippen molar-refractivity contribution >= 4 is 11.9 Å². The van der Waals surface area contributed by atoms with Gasteiger partial charge in [-0.1, -0.05) is 6.07 Å². The first kappa shape index (κ1) is 14.1. The molecule has 0 saturated heterocycles. The molecule has 1 atom stereocenters. The number of carboxylic acids is 1. The minimum absolute atomic E-state index is 0.0551. The molecule has 2 N–H and O–H groups in total. The molecule has 108 valence electrons. The van der Waals surface area contributed by atoms with Gasteiger partial charge in [-0.2, -0.15) is 0 Å². The van der Waals surface area contributed by atoms with Crippen molar-refractivity contribution < 1.29 is 28.6 Å². The van der Waals surface area contributed by atoms with Crippen LogP contribution >= 0.6 is 0 Å². The lowest BCUT2D eigenvalue weighted by Crippen LogP contribution is -2.43. The number of halogens is 1. The molecule has 0 radical (unpaired) electrons. The molecule has 1 aromatic rings. The highest BCUT2D eigenvalue weighted by Crippen LogP contribution is 2.30. The summed E-state index contributed by atoms with van der Waals surface area (Å²) in [7, 11) is 0. The Balaban J connectivity index is 1.99. The van der Waals surface area contributed by atoms with Crippen molar-refractivity contribution in [3.63, 3.8) is 0 Å². The third kappa shape index (κ3) is 3.37. The average molecular weight is 283 g/mol. The second-order valence-corrected chi connectivity index (χ2v) is 4.27. The summed E-state index contributed by atoms with van der Waals surface area (Å²) in [4.78, 5) is 22.3. The molecule has 1 aliphatic rings. The van der Waals surface area contributed by atoms with Crippen molar-refractivity contribution in [2.75, 3.05) is 19.9 Å². The van der Waals surface area contributed by atoms with Crippen LogP contribution in [0.2, 0.25) is 0 Å². The Morgan fingerprint density at radius 1 is 1.30 bits per heavy atom. The molecule has 6 nitrogen and oxygen atoms in total. The quantitative estimate of drug-likeness (QED) is 0.824. The fourth-order valence-electron chi connectivity index (χ4n) is 1.79. The van der Waals surface area contributed by atoms with E-state index in [-0.39, 0.29) is 6.42 Å².